The number of phenolic OH excluding ortho intramolecular Hbond substituents is 1. The molecule has 2 aromatic rings. The van der Waals surface area contributed by atoms with Gasteiger partial charge in [0.25, 0.3) is 0 Å². The van der Waals surface area contributed by atoms with Crippen LogP contribution in [0, 0.1) is 0 Å². The topological polar surface area (TPSA) is 52.8 Å². The Labute approximate surface area is 139 Å². The van der Waals surface area contributed by atoms with Gasteiger partial charge in [-0.2, -0.15) is 0 Å². The minimum Gasteiger partial charge on any atom is -0.507 e. The van der Waals surface area contributed by atoms with Gasteiger partial charge in [0.15, 0.2) is 0 Å². The zero-order valence-electron chi connectivity index (χ0n) is 12.1. The molecule has 0 aliphatic rings. The molecule has 0 saturated carbocycles. The lowest BCUT2D eigenvalue weighted by molar-refractivity contribution is 0.179. The van der Waals surface area contributed by atoms with Crippen LogP contribution in [0.1, 0.15) is 24.5 Å². The first-order valence-corrected chi connectivity index (χ1v) is 7.74. The second kappa shape index (κ2) is 7.63. The molecule has 22 heavy (non-hydrogen) atoms. The fraction of sp³-hybridized carbons (Fsp3) is 0.235. The summed E-state index contributed by atoms with van der Waals surface area (Å²) in [7, 11) is 0. The van der Waals surface area contributed by atoms with E-state index in [0.717, 1.165) is 0 Å². The molecule has 2 aromatic carbocycles. The number of aliphatic hydroxyl groups is 1. The lowest BCUT2D eigenvalue weighted by atomic mass is 10.0. The molecule has 2 N–H and O–H groups in total. The van der Waals surface area contributed by atoms with Crippen LogP contribution >= 0.6 is 23.2 Å². The van der Waals surface area contributed by atoms with E-state index in [4.69, 9.17) is 23.2 Å². The fourth-order valence-corrected chi connectivity index (χ4v) is 2.39. The Hall–Kier alpha value is -1.55. The van der Waals surface area contributed by atoms with E-state index in [1.165, 1.54) is 6.07 Å². The van der Waals surface area contributed by atoms with Crippen LogP contribution in [0.5, 0.6) is 5.75 Å². The van der Waals surface area contributed by atoms with Crippen molar-refractivity contribution in [1.29, 1.82) is 0 Å². The highest BCUT2D eigenvalue weighted by molar-refractivity contribution is 6.36. The average Bonchev–Trinajstić information content (AvgIpc) is 2.52. The molecule has 0 aliphatic heterocycles. The summed E-state index contributed by atoms with van der Waals surface area (Å²) in [6.45, 7) is 2.11. The Morgan fingerprint density at radius 1 is 1.14 bits per heavy atom. The predicted octanol–water partition coefficient (Wildman–Crippen LogP) is 4.31. The van der Waals surface area contributed by atoms with Crippen molar-refractivity contribution in [3.63, 3.8) is 0 Å². The van der Waals surface area contributed by atoms with E-state index in [0.29, 0.717) is 33.3 Å². The lowest BCUT2D eigenvalue weighted by Crippen LogP contribution is -2.13. The van der Waals surface area contributed by atoms with Crippen LogP contribution in [0.3, 0.4) is 0 Å². The first-order chi connectivity index (χ1) is 10.5. The summed E-state index contributed by atoms with van der Waals surface area (Å²) in [4.78, 5) is 4.46. The molecule has 0 saturated heterocycles. The quantitative estimate of drug-likeness (QED) is 0.799. The normalized spacial score (nSPS) is 13.2. The van der Waals surface area contributed by atoms with Crippen LogP contribution in [0.15, 0.2) is 47.5 Å². The maximum atomic E-state index is 10.1. The van der Waals surface area contributed by atoms with Crippen LogP contribution in [0.25, 0.3) is 0 Å². The lowest BCUT2D eigenvalue weighted by Gasteiger charge is -2.13. The van der Waals surface area contributed by atoms with Crippen molar-refractivity contribution in [3.05, 3.63) is 63.6 Å². The predicted molar refractivity (Wildman–Crippen MR) is 91.4 cm³/mol. The molecular weight excluding hydrogens is 321 g/mol. The smallest absolute Gasteiger partial charge is 0.125 e. The molecule has 1 unspecified atom stereocenters. The Bertz CT molecular complexity index is 686. The largest absolute Gasteiger partial charge is 0.507 e. The third kappa shape index (κ3) is 4.01. The van der Waals surface area contributed by atoms with Crippen molar-refractivity contribution in [2.75, 3.05) is 6.54 Å². The highest BCUT2D eigenvalue weighted by atomic mass is 35.5. The van der Waals surface area contributed by atoms with Crippen molar-refractivity contribution >= 4 is 28.9 Å². The van der Waals surface area contributed by atoms with Crippen LogP contribution in [-0.4, -0.2) is 28.6 Å². The van der Waals surface area contributed by atoms with E-state index in [-0.39, 0.29) is 12.3 Å². The zero-order valence-corrected chi connectivity index (χ0v) is 13.6. The molecule has 0 fully saturated rings. The number of aliphatic imine (C=N–C) groups is 1. The molecule has 0 radical (unpaired) electrons. The van der Waals surface area contributed by atoms with Gasteiger partial charge in [-0.3, -0.25) is 4.99 Å². The van der Waals surface area contributed by atoms with E-state index in [1.54, 1.807) is 18.2 Å². The second-order valence-corrected chi connectivity index (χ2v) is 5.74. The number of aromatic hydroxyl groups is 1. The minimum absolute atomic E-state index is 0.0639. The number of hydrogen-bond acceptors (Lipinski definition) is 3. The molecule has 0 spiro atoms. The highest BCUT2D eigenvalue weighted by Gasteiger charge is 2.15. The number of benzene rings is 2. The van der Waals surface area contributed by atoms with Crippen molar-refractivity contribution in [3.8, 4) is 5.75 Å². The summed E-state index contributed by atoms with van der Waals surface area (Å²) in [5.74, 6) is 0.0639. The van der Waals surface area contributed by atoms with Gasteiger partial charge in [-0.15, -0.1) is 0 Å². The third-order valence-electron chi connectivity index (χ3n) is 3.27. The average molecular weight is 338 g/mol. The summed E-state index contributed by atoms with van der Waals surface area (Å²) in [6, 6.07) is 12.0. The first kappa shape index (κ1) is 16.8. The number of nitrogens with zero attached hydrogens (tertiary/aromatic N) is 1. The van der Waals surface area contributed by atoms with Crippen LogP contribution in [-0.2, 0) is 0 Å². The summed E-state index contributed by atoms with van der Waals surface area (Å²) in [5.41, 5.74) is 1.69. The minimum atomic E-state index is -0.543. The maximum Gasteiger partial charge on any atom is 0.125 e. The van der Waals surface area contributed by atoms with Gasteiger partial charge < -0.3 is 10.2 Å². The number of halogens is 2. The van der Waals surface area contributed by atoms with Gasteiger partial charge in [0.2, 0.25) is 0 Å². The third-order valence-corrected chi connectivity index (χ3v) is 3.84. The van der Waals surface area contributed by atoms with Crippen molar-refractivity contribution in [2.45, 2.75) is 19.4 Å². The molecule has 5 heteroatoms. The molecule has 0 heterocycles. The number of phenols is 1. The van der Waals surface area contributed by atoms with Gasteiger partial charge in [0.05, 0.1) is 18.4 Å². The van der Waals surface area contributed by atoms with E-state index in [2.05, 4.69) is 4.99 Å². The highest BCUT2D eigenvalue weighted by Crippen LogP contribution is 2.27. The second-order valence-electron chi connectivity index (χ2n) is 4.89. The molecular formula is C17H17Cl2NO2. The standard InChI is InChI=1S/C17H17Cl2NO2/c1-2-12(21)10-20-17(13-5-3-4-6-15(13)19)14-9-11(18)7-8-16(14)22/h3-9,12,21-22H,2,10H2,1H3. The van der Waals surface area contributed by atoms with E-state index in [9.17, 15) is 10.2 Å². The Morgan fingerprint density at radius 2 is 1.86 bits per heavy atom. The molecule has 3 nitrogen and oxygen atoms in total. The Balaban J connectivity index is 2.55. The summed E-state index contributed by atoms with van der Waals surface area (Å²) < 4.78 is 0. The SMILES string of the molecule is CCC(O)CN=C(c1cc(Cl)ccc1O)c1ccccc1Cl. The van der Waals surface area contributed by atoms with Crippen LogP contribution in [0.4, 0.5) is 0 Å². The van der Waals surface area contributed by atoms with Gasteiger partial charge >= 0.3 is 0 Å². The van der Waals surface area contributed by atoms with E-state index >= 15 is 0 Å². The van der Waals surface area contributed by atoms with Gasteiger partial charge in [-0.25, -0.2) is 0 Å². The van der Waals surface area contributed by atoms with Gasteiger partial charge in [-0.1, -0.05) is 48.3 Å². The maximum absolute atomic E-state index is 10.1. The van der Waals surface area contributed by atoms with E-state index in [1.807, 2.05) is 25.1 Å². The fourth-order valence-electron chi connectivity index (χ4n) is 1.99. The molecule has 0 aliphatic carbocycles. The van der Waals surface area contributed by atoms with Crippen molar-refractivity contribution in [2.24, 2.45) is 4.99 Å². The molecule has 0 aromatic heterocycles. The summed E-state index contributed by atoms with van der Waals surface area (Å²) >= 11 is 12.3. The monoisotopic (exact) mass is 337 g/mol. The number of rotatable bonds is 5. The van der Waals surface area contributed by atoms with Gasteiger partial charge in [-0.05, 0) is 30.7 Å². The number of hydrogen-bond donors (Lipinski definition) is 2. The molecule has 1 atom stereocenters. The Kier molecular flexibility index (Phi) is 5.83. The zero-order chi connectivity index (χ0) is 16.1. The van der Waals surface area contributed by atoms with E-state index < -0.39 is 6.10 Å². The van der Waals surface area contributed by atoms with Crippen LogP contribution in [0.2, 0.25) is 10.0 Å². The molecule has 2 rings (SSSR count). The van der Waals surface area contributed by atoms with Gasteiger partial charge in [0, 0.05) is 21.2 Å². The number of aliphatic hydroxyl groups excluding tert-OH is 1. The van der Waals surface area contributed by atoms with Crippen molar-refractivity contribution in [1.82, 2.24) is 0 Å². The summed E-state index contributed by atoms with van der Waals surface area (Å²) in [5, 5.41) is 20.9. The van der Waals surface area contributed by atoms with Gasteiger partial charge in [0.1, 0.15) is 5.75 Å². The summed E-state index contributed by atoms with van der Waals surface area (Å²) in [6.07, 6.45) is 0.0553. The van der Waals surface area contributed by atoms with Crippen molar-refractivity contribution < 1.29 is 10.2 Å². The molecule has 0 bridgehead atoms. The van der Waals surface area contributed by atoms with Crippen LogP contribution < -0.4 is 0 Å². The Morgan fingerprint density at radius 3 is 2.55 bits per heavy atom. The molecule has 116 valence electrons. The molecule has 0 amide bonds. The first-order valence-electron chi connectivity index (χ1n) is 6.99.